The minimum Gasteiger partial charge on any atom is -0.326 e. The number of nitrogens with zero attached hydrogens (tertiary/aromatic N) is 2. The standard InChI is InChI=1S/C12H14ClN3/c1-2-12-15-5-6-16(12)11-7-10(13)4-3-9(11)8-14/h3-7H,2,8,14H2,1H3. The normalized spacial score (nSPS) is 10.7. The van der Waals surface area contributed by atoms with E-state index in [0.29, 0.717) is 11.6 Å². The molecular formula is C12H14ClN3. The highest BCUT2D eigenvalue weighted by molar-refractivity contribution is 6.30. The van der Waals surface area contributed by atoms with Gasteiger partial charge in [0.25, 0.3) is 0 Å². The van der Waals surface area contributed by atoms with Gasteiger partial charge < -0.3 is 10.3 Å². The predicted octanol–water partition coefficient (Wildman–Crippen LogP) is 2.55. The van der Waals surface area contributed by atoms with Crippen LogP contribution in [0.25, 0.3) is 5.69 Å². The Bertz CT molecular complexity index is 491. The number of hydrogen-bond acceptors (Lipinski definition) is 2. The van der Waals surface area contributed by atoms with E-state index in [4.69, 9.17) is 17.3 Å². The van der Waals surface area contributed by atoms with Gasteiger partial charge in [0.15, 0.2) is 0 Å². The van der Waals surface area contributed by atoms with Gasteiger partial charge in [-0.15, -0.1) is 0 Å². The summed E-state index contributed by atoms with van der Waals surface area (Å²) in [7, 11) is 0. The first-order chi connectivity index (χ1) is 7.76. The molecule has 0 fully saturated rings. The number of hydrogen-bond donors (Lipinski definition) is 1. The van der Waals surface area contributed by atoms with Crippen molar-refractivity contribution in [3.05, 3.63) is 47.0 Å². The minimum atomic E-state index is 0.494. The number of imidazole rings is 1. The molecule has 0 radical (unpaired) electrons. The molecule has 0 saturated heterocycles. The maximum absolute atomic E-state index is 6.01. The van der Waals surface area contributed by atoms with Crippen LogP contribution in [0.3, 0.4) is 0 Å². The van der Waals surface area contributed by atoms with Crippen LogP contribution in [0.2, 0.25) is 5.02 Å². The molecule has 0 saturated carbocycles. The van der Waals surface area contributed by atoms with Crippen LogP contribution in [0.1, 0.15) is 18.3 Å². The van der Waals surface area contributed by atoms with E-state index >= 15 is 0 Å². The number of rotatable bonds is 3. The Kier molecular flexibility index (Phi) is 3.27. The lowest BCUT2D eigenvalue weighted by Gasteiger charge is -2.11. The summed E-state index contributed by atoms with van der Waals surface area (Å²) in [5.74, 6) is 1.01. The van der Waals surface area contributed by atoms with Crippen LogP contribution < -0.4 is 5.73 Å². The van der Waals surface area contributed by atoms with Gasteiger partial charge in [0, 0.05) is 30.4 Å². The maximum Gasteiger partial charge on any atom is 0.112 e. The third-order valence-corrected chi connectivity index (χ3v) is 2.80. The molecular weight excluding hydrogens is 222 g/mol. The molecule has 0 aliphatic heterocycles. The number of aromatic nitrogens is 2. The summed E-state index contributed by atoms with van der Waals surface area (Å²) in [6, 6.07) is 5.73. The van der Waals surface area contributed by atoms with Crippen molar-refractivity contribution in [2.75, 3.05) is 0 Å². The van der Waals surface area contributed by atoms with E-state index in [0.717, 1.165) is 23.5 Å². The lowest BCUT2D eigenvalue weighted by atomic mass is 10.1. The Hall–Kier alpha value is -1.32. The Morgan fingerprint density at radius 1 is 1.44 bits per heavy atom. The fourth-order valence-corrected chi connectivity index (χ4v) is 1.92. The fraction of sp³-hybridized carbons (Fsp3) is 0.250. The lowest BCUT2D eigenvalue weighted by molar-refractivity contribution is 0.875. The summed E-state index contributed by atoms with van der Waals surface area (Å²) >= 11 is 6.01. The van der Waals surface area contributed by atoms with E-state index in [-0.39, 0.29) is 0 Å². The Labute approximate surface area is 99.9 Å². The van der Waals surface area contributed by atoms with Gasteiger partial charge in [-0.3, -0.25) is 0 Å². The summed E-state index contributed by atoms with van der Waals surface area (Å²) in [5, 5.41) is 0.711. The van der Waals surface area contributed by atoms with E-state index in [1.54, 1.807) is 6.20 Å². The van der Waals surface area contributed by atoms with Crippen molar-refractivity contribution in [3.8, 4) is 5.69 Å². The molecule has 1 aromatic carbocycles. The fourth-order valence-electron chi connectivity index (χ4n) is 1.75. The summed E-state index contributed by atoms with van der Waals surface area (Å²) in [6.07, 6.45) is 4.60. The number of halogens is 1. The van der Waals surface area contributed by atoms with Gasteiger partial charge in [0.05, 0.1) is 5.69 Å². The van der Waals surface area contributed by atoms with Crippen molar-refractivity contribution in [2.45, 2.75) is 19.9 Å². The Balaban J connectivity index is 2.58. The molecule has 0 spiro atoms. The molecule has 0 unspecified atom stereocenters. The Morgan fingerprint density at radius 2 is 2.25 bits per heavy atom. The third-order valence-electron chi connectivity index (χ3n) is 2.56. The van der Waals surface area contributed by atoms with Gasteiger partial charge in [0.1, 0.15) is 5.82 Å². The van der Waals surface area contributed by atoms with Crippen LogP contribution in [-0.4, -0.2) is 9.55 Å². The monoisotopic (exact) mass is 235 g/mol. The lowest BCUT2D eigenvalue weighted by Crippen LogP contribution is -2.06. The predicted molar refractivity (Wildman–Crippen MR) is 65.8 cm³/mol. The van der Waals surface area contributed by atoms with Crippen molar-refractivity contribution in [3.63, 3.8) is 0 Å². The van der Waals surface area contributed by atoms with E-state index in [9.17, 15) is 0 Å². The summed E-state index contributed by atoms with van der Waals surface area (Å²) in [4.78, 5) is 4.30. The molecule has 0 aliphatic carbocycles. The number of benzene rings is 1. The van der Waals surface area contributed by atoms with Gasteiger partial charge in [-0.1, -0.05) is 24.6 Å². The van der Waals surface area contributed by atoms with Crippen LogP contribution in [0, 0.1) is 0 Å². The number of nitrogens with two attached hydrogens (primary N) is 1. The average Bonchev–Trinajstić information content (AvgIpc) is 2.76. The van der Waals surface area contributed by atoms with Gasteiger partial charge >= 0.3 is 0 Å². The van der Waals surface area contributed by atoms with E-state index in [1.807, 2.05) is 29.0 Å². The number of aryl methyl sites for hydroxylation is 1. The SMILES string of the molecule is CCc1nccn1-c1cc(Cl)ccc1CN. The third kappa shape index (κ3) is 1.96. The maximum atomic E-state index is 6.01. The molecule has 0 bridgehead atoms. The van der Waals surface area contributed by atoms with Gasteiger partial charge in [-0.25, -0.2) is 4.98 Å². The van der Waals surface area contributed by atoms with Crippen LogP contribution >= 0.6 is 11.6 Å². The second kappa shape index (κ2) is 4.68. The van der Waals surface area contributed by atoms with Gasteiger partial charge in [0.2, 0.25) is 0 Å². The Morgan fingerprint density at radius 3 is 2.94 bits per heavy atom. The summed E-state index contributed by atoms with van der Waals surface area (Å²) < 4.78 is 2.04. The molecule has 0 amide bonds. The molecule has 2 N–H and O–H groups in total. The van der Waals surface area contributed by atoms with E-state index in [2.05, 4.69) is 11.9 Å². The molecule has 0 aliphatic rings. The molecule has 1 aromatic heterocycles. The average molecular weight is 236 g/mol. The summed E-state index contributed by atoms with van der Waals surface area (Å²) in [6.45, 7) is 2.57. The smallest absolute Gasteiger partial charge is 0.112 e. The highest BCUT2D eigenvalue weighted by Gasteiger charge is 2.07. The molecule has 3 nitrogen and oxygen atoms in total. The molecule has 1 heterocycles. The molecule has 2 aromatic rings. The van der Waals surface area contributed by atoms with Gasteiger partial charge in [-0.2, -0.15) is 0 Å². The zero-order valence-electron chi connectivity index (χ0n) is 9.15. The molecule has 4 heteroatoms. The molecule has 0 atom stereocenters. The second-order valence-corrected chi connectivity index (χ2v) is 3.98. The molecule has 84 valence electrons. The topological polar surface area (TPSA) is 43.8 Å². The summed E-state index contributed by atoms with van der Waals surface area (Å²) in [5.41, 5.74) is 7.81. The first-order valence-electron chi connectivity index (χ1n) is 5.27. The van der Waals surface area contributed by atoms with Crippen molar-refractivity contribution in [1.82, 2.24) is 9.55 Å². The first kappa shape index (κ1) is 11.2. The molecule has 2 rings (SSSR count). The van der Waals surface area contributed by atoms with Crippen LogP contribution in [0.15, 0.2) is 30.6 Å². The highest BCUT2D eigenvalue weighted by Crippen LogP contribution is 2.21. The van der Waals surface area contributed by atoms with Crippen molar-refractivity contribution in [2.24, 2.45) is 5.73 Å². The van der Waals surface area contributed by atoms with Crippen molar-refractivity contribution < 1.29 is 0 Å². The van der Waals surface area contributed by atoms with Crippen molar-refractivity contribution in [1.29, 1.82) is 0 Å². The minimum absolute atomic E-state index is 0.494. The van der Waals surface area contributed by atoms with E-state index < -0.39 is 0 Å². The highest BCUT2D eigenvalue weighted by atomic mass is 35.5. The quantitative estimate of drug-likeness (QED) is 0.889. The van der Waals surface area contributed by atoms with Crippen LogP contribution in [-0.2, 0) is 13.0 Å². The van der Waals surface area contributed by atoms with Crippen LogP contribution in [0.4, 0.5) is 0 Å². The van der Waals surface area contributed by atoms with E-state index in [1.165, 1.54) is 0 Å². The largest absolute Gasteiger partial charge is 0.326 e. The van der Waals surface area contributed by atoms with Gasteiger partial charge in [-0.05, 0) is 17.7 Å². The first-order valence-corrected chi connectivity index (χ1v) is 5.65. The van der Waals surface area contributed by atoms with Crippen LogP contribution in [0.5, 0.6) is 0 Å². The second-order valence-electron chi connectivity index (χ2n) is 3.54. The molecule has 16 heavy (non-hydrogen) atoms. The zero-order valence-corrected chi connectivity index (χ0v) is 9.91. The zero-order chi connectivity index (χ0) is 11.5. The van der Waals surface area contributed by atoms with Crippen molar-refractivity contribution >= 4 is 11.6 Å².